The zero-order valence-electron chi connectivity index (χ0n) is 13.9. The van der Waals surface area contributed by atoms with Crippen LogP contribution in [0.5, 0.6) is 0 Å². The fourth-order valence-electron chi connectivity index (χ4n) is 2.89. The first-order valence-corrected chi connectivity index (χ1v) is 9.20. The molecule has 0 unspecified atom stereocenters. The predicted octanol–water partition coefficient (Wildman–Crippen LogP) is 2.70. The lowest BCUT2D eigenvalue weighted by Gasteiger charge is -2.33. The van der Waals surface area contributed by atoms with E-state index in [0.717, 1.165) is 16.7 Å². The van der Waals surface area contributed by atoms with Gasteiger partial charge in [-0.1, -0.05) is 29.8 Å². The van der Waals surface area contributed by atoms with Crippen LogP contribution in [-0.2, 0) is 26.8 Å². The molecule has 1 aliphatic rings. The number of hydrogen-bond donors (Lipinski definition) is 2. The van der Waals surface area contributed by atoms with Crippen molar-refractivity contribution in [2.24, 2.45) is 0 Å². The van der Waals surface area contributed by atoms with Crippen LogP contribution in [0.3, 0.4) is 0 Å². The predicted molar refractivity (Wildman–Crippen MR) is 93.3 cm³/mol. The minimum Gasteiger partial charge on any atom is -0.351 e. The molecule has 0 aromatic heterocycles. The largest absolute Gasteiger partial charge is 0.351 e. The Morgan fingerprint density at radius 3 is 2.42 bits per heavy atom. The van der Waals surface area contributed by atoms with Gasteiger partial charge in [-0.2, -0.15) is 0 Å². The summed E-state index contributed by atoms with van der Waals surface area (Å²) in [7, 11) is -3.68. The van der Waals surface area contributed by atoms with Gasteiger partial charge in [0.05, 0.1) is 16.0 Å². The molecule has 1 heterocycles. The maximum Gasteiger partial charge on any atom is 0.261 e. The number of fused-ring (bicyclic) bond motifs is 1. The summed E-state index contributed by atoms with van der Waals surface area (Å²) >= 11 is 0. The number of hydrogen-bond acceptors (Lipinski definition) is 3. The minimum atomic E-state index is -3.68. The SMILES string of the molecule is Cc1ccc(S(=O)(=O)Nc2cccc3c2CNC(=O)C3(C)C)cc1. The van der Waals surface area contributed by atoms with Gasteiger partial charge in [0, 0.05) is 6.54 Å². The van der Waals surface area contributed by atoms with Crippen LogP contribution in [0.2, 0.25) is 0 Å². The second kappa shape index (κ2) is 5.63. The zero-order chi connectivity index (χ0) is 17.5. The molecule has 2 aromatic rings. The normalized spacial score (nSPS) is 16.2. The van der Waals surface area contributed by atoms with Gasteiger partial charge in [0.25, 0.3) is 10.0 Å². The topological polar surface area (TPSA) is 75.3 Å². The number of aryl methyl sites for hydroxylation is 1. The summed E-state index contributed by atoms with van der Waals surface area (Å²) in [6, 6.07) is 12.1. The Balaban J connectivity index is 2.02. The van der Waals surface area contributed by atoms with Crippen molar-refractivity contribution in [3.8, 4) is 0 Å². The van der Waals surface area contributed by atoms with Crippen LogP contribution in [0, 0.1) is 6.92 Å². The summed E-state index contributed by atoms with van der Waals surface area (Å²) in [6.07, 6.45) is 0. The monoisotopic (exact) mass is 344 g/mol. The molecule has 0 radical (unpaired) electrons. The first-order chi connectivity index (χ1) is 11.2. The molecule has 0 aliphatic carbocycles. The van der Waals surface area contributed by atoms with Crippen molar-refractivity contribution in [1.82, 2.24) is 5.32 Å². The lowest BCUT2D eigenvalue weighted by Crippen LogP contribution is -2.45. The van der Waals surface area contributed by atoms with Crippen LogP contribution in [0.15, 0.2) is 47.4 Å². The average Bonchev–Trinajstić information content (AvgIpc) is 2.52. The van der Waals surface area contributed by atoms with E-state index in [-0.39, 0.29) is 10.8 Å². The maximum atomic E-state index is 12.6. The number of benzene rings is 2. The Labute approximate surface area is 142 Å². The fourth-order valence-corrected chi connectivity index (χ4v) is 3.98. The lowest BCUT2D eigenvalue weighted by atomic mass is 9.78. The van der Waals surface area contributed by atoms with Gasteiger partial charge in [-0.05, 0) is 50.1 Å². The summed E-state index contributed by atoms with van der Waals surface area (Å²) in [5, 5.41) is 2.83. The van der Waals surface area contributed by atoms with Crippen LogP contribution in [0.4, 0.5) is 5.69 Å². The third-order valence-corrected chi connectivity index (χ3v) is 5.80. The molecule has 1 aliphatic heterocycles. The minimum absolute atomic E-state index is 0.0615. The third kappa shape index (κ3) is 2.78. The van der Waals surface area contributed by atoms with Crippen LogP contribution >= 0.6 is 0 Å². The second-order valence-corrected chi connectivity index (χ2v) is 8.24. The fraction of sp³-hybridized carbons (Fsp3) is 0.278. The van der Waals surface area contributed by atoms with E-state index in [4.69, 9.17) is 0 Å². The third-order valence-electron chi connectivity index (χ3n) is 4.42. The van der Waals surface area contributed by atoms with Gasteiger partial charge >= 0.3 is 0 Å². The van der Waals surface area contributed by atoms with Crippen molar-refractivity contribution in [1.29, 1.82) is 0 Å². The van der Waals surface area contributed by atoms with Crippen molar-refractivity contribution >= 4 is 21.6 Å². The zero-order valence-corrected chi connectivity index (χ0v) is 14.7. The molecule has 0 spiro atoms. The second-order valence-electron chi connectivity index (χ2n) is 6.56. The molecule has 0 saturated heterocycles. The Morgan fingerprint density at radius 2 is 1.75 bits per heavy atom. The van der Waals surface area contributed by atoms with E-state index < -0.39 is 15.4 Å². The molecule has 24 heavy (non-hydrogen) atoms. The van der Waals surface area contributed by atoms with E-state index in [1.807, 2.05) is 26.8 Å². The molecule has 0 fully saturated rings. The number of carbonyl (C=O) groups is 1. The number of anilines is 1. The molecule has 5 nitrogen and oxygen atoms in total. The van der Waals surface area contributed by atoms with E-state index in [2.05, 4.69) is 10.0 Å². The lowest BCUT2D eigenvalue weighted by molar-refractivity contribution is -0.126. The quantitative estimate of drug-likeness (QED) is 0.899. The highest BCUT2D eigenvalue weighted by Crippen LogP contribution is 2.35. The molecule has 0 bridgehead atoms. The smallest absolute Gasteiger partial charge is 0.261 e. The van der Waals surface area contributed by atoms with Crippen molar-refractivity contribution in [3.63, 3.8) is 0 Å². The van der Waals surface area contributed by atoms with Gasteiger partial charge in [0.2, 0.25) is 5.91 Å². The molecule has 6 heteroatoms. The Hall–Kier alpha value is -2.34. The molecule has 126 valence electrons. The molecule has 1 amide bonds. The van der Waals surface area contributed by atoms with Crippen molar-refractivity contribution in [3.05, 3.63) is 59.2 Å². The summed E-state index contributed by atoms with van der Waals surface area (Å²) in [5.74, 6) is -0.0615. The molecule has 2 aromatic carbocycles. The van der Waals surface area contributed by atoms with Crippen LogP contribution in [0.1, 0.15) is 30.5 Å². The van der Waals surface area contributed by atoms with Gasteiger partial charge in [-0.15, -0.1) is 0 Å². The number of rotatable bonds is 3. The van der Waals surface area contributed by atoms with E-state index in [0.29, 0.717) is 12.2 Å². The van der Waals surface area contributed by atoms with Gasteiger partial charge in [0.15, 0.2) is 0 Å². The summed E-state index contributed by atoms with van der Waals surface area (Å²) in [5.41, 5.74) is 2.45. The highest BCUT2D eigenvalue weighted by atomic mass is 32.2. The Morgan fingerprint density at radius 1 is 1.08 bits per heavy atom. The molecular formula is C18H20N2O3S. The van der Waals surface area contributed by atoms with Crippen LogP contribution < -0.4 is 10.0 Å². The van der Waals surface area contributed by atoms with E-state index in [1.54, 1.807) is 36.4 Å². The number of carbonyl (C=O) groups excluding carboxylic acids is 1. The average molecular weight is 344 g/mol. The summed E-state index contributed by atoms with van der Waals surface area (Å²) in [4.78, 5) is 12.3. The molecule has 2 N–H and O–H groups in total. The van der Waals surface area contributed by atoms with Crippen molar-refractivity contribution in [2.45, 2.75) is 37.6 Å². The Bertz CT molecular complexity index is 900. The number of amides is 1. The van der Waals surface area contributed by atoms with Crippen molar-refractivity contribution < 1.29 is 13.2 Å². The number of nitrogens with one attached hydrogen (secondary N) is 2. The first-order valence-electron chi connectivity index (χ1n) is 7.72. The highest BCUT2D eigenvalue weighted by Gasteiger charge is 2.36. The van der Waals surface area contributed by atoms with Gasteiger partial charge in [-0.25, -0.2) is 8.42 Å². The highest BCUT2D eigenvalue weighted by molar-refractivity contribution is 7.92. The standard InChI is InChI=1S/C18H20N2O3S/c1-12-7-9-13(10-8-12)24(22,23)20-16-6-4-5-15-14(16)11-19-17(21)18(15,2)3/h4-10,20H,11H2,1-3H3,(H,19,21). The maximum absolute atomic E-state index is 12.6. The first kappa shape index (κ1) is 16.5. The number of sulfonamides is 1. The van der Waals surface area contributed by atoms with E-state index in [9.17, 15) is 13.2 Å². The van der Waals surface area contributed by atoms with Crippen LogP contribution in [-0.4, -0.2) is 14.3 Å². The Kier molecular flexibility index (Phi) is 3.87. The van der Waals surface area contributed by atoms with Crippen LogP contribution in [0.25, 0.3) is 0 Å². The van der Waals surface area contributed by atoms with Gasteiger partial charge < -0.3 is 5.32 Å². The van der Waals surface area contributed by atoms with Gasteiger partial charge in [-0.3, -0.25) is 9.52 Å². The molecule has 3 rings (SSSR count). The molecule has 0 atom stereocenters. The summed E-state index contributed by atoms with van der Waals surface area (Å²) in [6.45, 7) is 5.88. The molecule has 0 saturated carbocycles. The van der Waals surface area contributed by atoms with E-state index in [1.165, 1.54) is 0 Å². The van der Waals surface area contributed by atoms with E-state index >= 15 is 0 Å². The van der Waals surface area contributed by atoms with Crippen molar-refractivity contribution in [2.75, 3.05) is 4.72 Å². The molecular weight excluding hydrogens is 324 g/mol. The summed E-state index contributed by atoms with van der Waals surface area (Å²) < 4.78 is 27.9. The van der Waals surface area contributed by atoms with Gasteiger partial charge in [0.1, 0.15) is 0 Å².